The third-order valence-corrected chi connectivity index (χ3v) is 4.50. The molecule has 4 heteroatoms. The van der Waals surface area contributed by atoms with Crippen LogP contribution in [0.4, 0.5) is 0 Å². The van der Waals surface area contributed by atoms with Crippen LogP contribution in [0.3, 0.4) is 0 Å². The fraction of sp³-hybridized carbons (Fsp3) is 0.421. The molecule has 1 fully saturated rings. The molecule has 23 heavy (non-hydrogen) atoms. The molecule has 0 bridgehead atoms. The van der Waals surface area contributed by atoms with Crippen molar-refractivity contribution in [2.24, 2.45) is 0 Å². The number of hydrogen-bond acceptors (Lipinski definition) is 3. The van der Waals surface area contributed by atoms with E-state index in [0.29, 0.717) is 12.5 Å². The fourth-order valence-electron chi connectivity index (χ4n) is 3.34. The molecule has 1 unspecified atom stereocenters. The molecule has 1 saturated heterocycles. The number of carbonyl (C=O) groups is 1. The van der Waals surface area contributed by atoms with Gasteiger partial charge in [0.1, 0.15) is 0 Å². The van der Waals surface area contributed by atoms with E-state index in [0.717, 1.165) is 43.5 Å². The molecule has 120 valence electrons. The van der Waals surface area contributed by atoms with Gasteiger partial charge in [-0.05, 0) is 61.9 Å². The Hall–Kier alpha value is -2.23. The molecule has 0 N–H and O–H groups in total. The van der Waals surface area contributed by atoms with E-state index in [1.165, 1.54) is 5.56 Å². The molecule has 2 aromatic heterocycles. The van der Waals surface area contributed by atoms with Gasteiger partial charge in [-0.3, -0.25) is 14.8 Å². The van der Waals surface area contributed by atoms with Crippen molar-refractivity contribution in [3.05, 3.63) is 59.7 Å². The number of hydrogen-bond donors (Lipinski definition) is 0. The first-order valence-electron chi connectivity index (χ1n) is 8.32. The molecular weight excluding hydrogens is 286 g/mol. The smallest absolute Gasteiger partial charge is 0.227 e. The Labute approximate surface area is 137 Å². The zero-order valence-electron chi connectivity index (χ0n) is 13.6. The molecule has 0 aliphatic carbocycles. The van der Waals surface area contributed by atoms with Gasteiger partial charge in [0.05, 0.1) is 6.42 Å². The van der Waals surface area contributed by atoms with Crippen LogP contribution in [0.25, 0.3) is 0 Å². The molecule has 0 spiro atoms. The topological polar surface area (TPSA) is 46.1 Å². The second-order valence-corrected chi connectivity index (χ2v) is 6.27. The second kappa shape index (κ2) is 7.36. The van der Waals surface area contributed by atoms with Gasteiger partial charge >= 0.3 is 0 Å². The first-order valence-corrected chi connectivity index (χ1v) is 8.32. The highest BCUT2D eigenvalue weighted by Gasteiger charge is 2.28. The summed E-state index contributed by atoms with van der Waals surface area (Å²) in [4.78, 5) is 23.0. The van der Waals surface area contributed by atoms with E-state index in [1.807, 2.05) is 25.3 Å². The maximum atomic E-state index is 12.6. The largest absolute Gasteiger partial charge is 0.339 e. The van der Waals surface area contributed by atoms with Crippen molar-refractivity contribution in [3.63, 3.8) is 0 Å². The highest BCUT2D eigenvalue weighted by molar-refractivity contribution is 5.79. The number of nitrogens with zero attached hydrogens (tertiary/aromatic N) is 3. The number of aromatic nitrogens is 2. The van der Waals surface area contributed by atoms with Crippen LogP contribution < -0.4 is 0 Å². The van der Waals surface area contributed by atoms with Gasteiger partial charge in [0.25, 0.3) is 0 Å². The van der Waals surface area contributed by atoms with Crippen molar-refractivity contribution < 1.29 is 4.79 Å². The number of rotatable bonds is 5. The molecule has 1 aliphatic heterocycles. The van der Waals surface area contributed by atoms with Crippen LogP contribution in [-0.4, -0.2) is 33.4 Å². The van der Waals surface area contributed by atoms with Crippen LogP contribution >= 0.6 is 0 Å². The first kappa shape index (κ1) is 15.7. The minimum Gasteiger partial charge on any atom is -0.339 e. The normalized spacial score (nSPS) is 17.4. The van der Waals surface area contributed by atoms with E-state index < -0.39 is 0 Å². The number of aryl methyl sites for hydroxylation is 2. The van der Waals surface area contributed by atoms with Gasteiger partial charge in [-0.2, -0.15) is 0 Å². The van der Waals surface area contributed by atoms with Crippen molar-refractivity contribution in [2.75, 3.05) is 6.54 Å². The van der Waals surface area contributed by atoms with Crippen molar-refractivity contribution in [1.29, 1.82) is 0 Å². The van der Waals surface area contributed by atoms with E-state index in [9.17, 15) is 4.79 Å². The summed E-state index contributed by atoms with van der Waals surface area (Å²) in [6.07, 6.45) is 10.1. The van der Waals surface area contributed by atoms with Gasteiger partial charge in [-0.15, -0.1) is 0 Å². The Morgan fingerprint density at radius 3 is 3.00 bits per heavy atom. The van der Waals surface area contributed by atoms with Crippen LogP contribution in [-0.2, 0) is 17.6 Å². The monoisotopic (exact) mass is 309 g/mol. The minimum atomic E-state index is 0.228. The van der Waals surface area contributed by atoms with Gasteiger partial charge in [-0.25, -0.2) is 0 Å². The molecule has 1 amide bonds. The summed E-state index contributed by atoms with van der Waals surface area (Å²) in [5.74, 6) is 0.228. The molecule has 4 nitrogen and oxygen atoms in total. The predicted molar refractivity (Wildman–Crippen MR) is 90.0 cm³/mol. The number of pyridine rings is 2. The van der Waals surface area contributed by atoms with Crippen LogP contribution in [0.15, 0.2) is 42.9 Å². The molecule has 3 rings (SSSR count). The number of carbonyl (C=O) groups excluding carboxylic acids is 1. The summed E-state index contributed by atoms with van der Waals surface area (Å²) in [5.41, 5.74) is 3.36. The maximum Gasteiger partial charge on any atom is 0.227 e. The zero-order valence-corrected chi connectivity index (χ0v) is 13.6. The molecule has 0 saturated carbocycles. The van der Waals surface area contributed by atoms with Gasteiger partial charge in [0.2, 0.25) is 5.91 Å². The highest BCUT2D eigenvalue weighted by Crippen LogP contribution is 2.23. The highest BCUT2D eigenvalue weighted by atomic mass is 16.2. The van der Waals surface area contributed by atoms with Crippen molar-refractivity contribution in [1.82, 2.24) is 14.9 Å². The number of likely N-dealkylation sites (tertiary alicyclic amines) is 1. The lowest BCUT2D eigenvalue weighted by Gasteiger charge is -2.25. The lowest BCUT2D eigenvalue weighted by Crippen LogP contribution is -2.36. The van der Waals surface area contributed by atoms with Crippen LogP contribution in [0.5, 0.6) is 0 Å². The van der Waals surface area contributed by atoms with E-state index in [-0.39, 0.29) is 5.91 Å². The Balaban J connectivity index is 1.58. The molecular formula is C19H23N3O. The Morgan fingerprint density at radius 1 is 1.30 bits per heavy atom. The van der Waals surface area contributed by atoms with Crippen LogP contribution in [0, 0.1) is 6.92 Å². The summed E-state index contributed by atoms with van der Waals surface area (Å²) >= 11 is 0. The van der Waals surface area contributed by atoms with E-state index >= 15 is 0 Å². The minimum absolute atomic E-state index is 0.228. The standard InChI is InChI=1S/C19H23N3O/c1-15-12-16(8-10-21-15)6-7-18-5-3-11-22(18)19(23)13-17-4-2-9-20-14-17/h2,4,8-10,12,14,18H,3,5-7,11,13H2,1H3. The van der Waals surface area contributed by atoms with Crippen molar-refractivity contribution >= 4 is 5.91 Å². The van der Waals surface area contributed by atoms with Crippen LogP contribution in [0.1, 0.15) is 36.1 Å². The summed E-state index contributed by atoms with van der Waals surface area (Å²) in [6.45, 7) is 2.90. The van der Waals surface area contributed by atoms with Gasteiger partial charge in [-0.1, -0.05) is 6.07 Å². The summed E-state index contributed by atoms with van der Waals surface area (Å²) < 4.78 is 0. The third kappa shape index (κ3) is 4.15. The van der Waals surface area contributed by atoms with Gasteiger partial charge < -0.3 is 4.90 Å². The molecule has 3 heterocycles. The zero-order chi connectivity index (χ0) is 16.1. The molecule has 1 atom stereocenters. The SMILES string of the molecule is Cc1cc(CCC2CCCN2C(=O)Cc2cccnc2)ccn1. The van der Waals surface area contributed by atoms with Crippen LogP contribution in [0.2, 0.25) is 0 Å². The van der Waals surface area contributed by atoms with E-state index in [1.54, 1.807) is 12.4 Å². The lowest BCUT2D eigenvalue weighted by molar-refractivity contribution is -0.131. The fourth-order valence-corrected chi connectivity index (χ4v) is 3.34. The average molecular weight is 309 g/mol. The molecule has 0 aromatic carbocycles. The lowest BCUT2D eigenvalue weighted by atomic mass is 10.0. The average Bonchev–Trinajstić information content (AvgIpc) is 3.03. The summed E-state index contributed by atoms with van der Waals surface area (Å²) in [5, 5.41) is 0. The first-order chi connectivity index (χ1) is 11.2. The maximum absolute atomic E-state index is 12.6. The van der Waals surface area contributed by atoms with Gasteiger partial charge in [0, 0.05) is 36.9 Å². The second-order valence-electron chi connectivity index (χ2n) is 6.27. The Bertz CT molecular complexity index is 657. The Morgan fingerprint density at radius 2 is 2.22 bits per heavy atom. The molecule has 1 aliphatic rings. The number of amides is 1. The quantitative estimate of drug-likeness (QED) is 0.853. The molecule has 0 radical (unpaired) electrons. The Kier molecular flexibility index (Phi) is 5.01. The summed E-state index contributed by atoms with van der Waals surface area (Å²) in [6, 6.07) is 8.43. The third-order valence-electron chi connectivity index (χ3n) is 4.50. The predicted octanol–water partition coefficient (Wildman–Crippen LogP) is 2.95. The van der Waals surface area contributed by atoms with E-state index in [2.05, 4.69) is 27.0 Å². The van der Waals surface area contributed by atoms with Crippen molar-refractivity contribution in [3.8, 4) is 0 Å². The van der Waals surface area contributed by atoms with E-state index in [4.69, 9.17) is 0 Å². The molecule has 2 aromatic rings. The summed E-state index contributed by atoms with van der Waals surface area (Å²) in [7, 11) is 0. The van der Waals surface area contributed by atoms with Gasteiger partial charge in [0.15, 0.2) is 0 Å². The van der Waals surface area contributed by atoms with Crippen molar-refractivity contribution in [2.45, 2.75) is 45.1 Å².